The Morgan fingerprint density at radius 2 is 1.45 bits per heavy atom. The highest BCUT2D eigenvalue weighted by molar-refractivity contribution is 5.97. The van der Waals surface area contributed by atoms with Gasteiger partial charge < -0.3 is 4.90 Å². The molecule has 0 fully saturated rings. The van der Waals surface area contributed by atoms with Gasteiger partial charge in [-0.05, 0) is 53.9 Å². The normalized spacial score (nSPS) is 12.6. The van der Waals surface area contributed by atoms with Gasteiger partial charge >= 0.3 is 0 Å². The van der Waals surface area contributed by atoms with Gasteiger partial charge in [0.1, 0.15) is 5.52 Å². The number of nitrogens with zero attached hydrogens (tertiary/aromatic N) is 3. The highest BCUT2D eigenvalue weighted by atomic mass is 15.2. The van der Waals surface area contributed by atoms with Crippen LogP contribution >= 0.6 is 0 Å². The van der Waals surface area contributed by atoms with E-state index in [-0.39, 0.29) is 0 Å². The lowest BCUT2D eigenvalue weighted by atomic mass is 10.0. The summed E-state index contributed by atoms with van der Waals surface area (Å²) < 4.78 is 4.46. The fourth-order valence-corrected chi connectivity index (χ4v) is 4.70. The molecule has 0 aliphatic carbocycles. The third-order valence-corrected chi connectivity index (χ3v) is 6.13. The van der Waals surface area contributed by atoms with Crippen molar-refractivity contribution in [1.82, 2.24) is 4.57 Å². The molecular weight excluding hydrogens is 354 g/mol. The predicted molar refractivity (Wildman–Crippen MR) is 119 cm³/mol. The van der Waals surface area contributed by atoms with Crippen LogP contribution in [0.3, 0.4) is 0 Å². The first-order chi connectivity index (χ1) is 14.1. The van der Waals surface area contributed by atoms with Gasteiger partial charge in [-0.25, -0.2) is 0 Å². The molecule has 4 aromatic carbocycles. The summed E-state index contributed by atoms with van der Waals surface area (Å²) in [5.74, 6) is 0. The van der Waals surface area contributed by atoms with Crippen LogP contribution in [0.25, 0.3) is 33.2 Å². The number of para-hydroxylation sites is 2. The molecule has 0 bridgehead atoms. The minimum Gasteiger partial charge on any atom is -0.351 e. The predicted octanol–water partition coefficient (Wildman–Crippen LogP) is 5.56. The van der Waals surface area contributed by atoms with Crippen LogP contribution in [-0.2, 0) is 0 Å². The number of imidazole rings is 1. The van der Waals surface area contributed by atoms with E-state index < -0.39 is 0 Å². The molecule has 0 spiro atoms. The standard InChI is InChI=1S/C26H21N3/c1-17-8-6-9-18(2)25(17)28-16-29-24-15-20-11-5-4-10-19(20)14-23(24)27(3)21-12-7-13-22(28)26(21)29/h4-15H,1-3H3. The molecule has 3 nitrogen and oxygen atoms in total. The lowest BCUT2D eigenvalue weighted by Crippen LogP contribution is -2.36. The Bertz CT molecular complexity index is 1420. The van der Waals surface area contributed by atoms with E-state index in [1.165, 1.54) is 55.7 Å². The minimum absolute atomic E-state index is 1.17. The van der Waals surface area contributed by atoms with Crippen LogP contribution in [0.5, 0.6) is 0 Å². The van der Waals surface area contributed by atoms with E-state index in [0.29, 0.717) is 0 Å². The van der Waals surface area contributed by atoms with Gasteiger partial charge in [0.2, 0.25) is 0 Å². The van der Waals surface area contributed by atoms with Gasteiger partial charge in [-0.2, -0.15) is 0 Å². The van der Waals surface area contributed by atoms with Crippen molar-refractivity contribution in [2.45, 2.75) is 13.8 Å². The van der Waals surface area contributed by atoms with Gasteiger partial charge in [-0.1, -0.05) is 54.6 Å². The van der Waals surface area contributed by atoms with E-state index in [0.717, 1.165) is 0 Å². The van der Waals surface area contributed by atoms with Crippen molar-refractivity contribution < 1.29 is 4.57 Å². The Morgan fingerprint density at radius 3 is 2.21 bits per heavy atom. The third-order valence-electron chi connectivity index (χ3n) is 6.13. The molecule has 0 saturated heterocycles. The van der Waals surface area contributed by atoms with Crippen molar-refractivity contribution in [2.24, 2.45) is 0 Å². The van der Waals surface area contributed by atoms with Gasteiger partial charge in [0.25, 0.3) is 6.33 Å². The second kappa shape index (κ2) is 5.71. The summed E-state index contributed by atoms with van der Waals surface area (Å²) in [7, 11) is 2.15. The molecule has 29 heavy (non-hydrogen) atoms. The molecule has 0 atom stereocenters. The van der Waals surface area contributed by atoms with Crippen molar-refractivity contribution in [3.05, 3.63) is 90.3 Å². The lowest BCUT2D eigenvalue weighted by molar-refractivity contribution is -0.572. The number of benzene rings is 4. The maximum absolute atomic E-state index is 3.68. The quantitative estimate of drug-likeness (QED) is 0.276. The molecular formula is C26H21N3. The number of hydrogen-bond acceptors (Lipinski definition) is 1. The van der Waals surface area contributed by atoms with E-state index in [2.05, 4.69) is 114 Å². The van der Waals surface area contributed by atoms with Crippen molar-refractivity contribution >= 4 is 33.2 Å². The van der Waals surface area contributed by atoms with E-state index in [9.17, 15) is 0 Å². The van der Waals surface area contributed by atoms with Crippen LogP contribution in [-0.4, -0.2) is 11.6 Å². The summed E-state index contributed by atoms with van der Waals surface area (Å²) in [6.45, 7) is 4.34. The number of aromatic nitrogens is 2. The van der Waals surface area contributed by atoms with Crippen LogP contribution in [0, 0.1) is 20.2 Å². The largest absolute Gasteiger partial charge is 0.351 e. The molecule has 2 heterocycles. The number of anilines is 2. The van der Waals surface area contributed by atoms with E-state index in [1.807, 2.05) is 0 Å². The first-order valence-electron chi connectivity index (χ1n) is 9.96. The maximum atomic E-state index is 3.68. The summed E-state index contributed by atoms with van der Waals surface area (Å²) in [6.07, 6.45) is 3.68. The second-order valence-electron chi connectivity index (χ2n) is 7.90. The Balaban J connectivity index is 1.75. The molecule has 0 saturated carbocycles. The van der Waals surface area contributed by atoms with Crippen molar-refractivity contribution in [2.75, 3.05) is 11.9 Å². The van der Waals surface area contributed by atoms with Crippen molar-refractivity contribution in [1.29, 1.82) is 0 Å². The average Bonchev–Trinajstić information content (AvgIpc) is 3.11. The monoisotopic (exact) mass is 375 g/mol. The summed E-state index contributed by atoms with van der Waals surface area (Å²) in [4.78, 5) is 2.30. The molecule has 0 unspecified atom stereocenters. The fourth-order valence-electron chi connectivity index (χ4n) is 4.70. The first kappa shape index (κ1) is 16.4. The van der Waals surface area contributed by atoms with Gasteiger partial charge in [-0.15, -0.1) is 0 Å². The third kappa shape index (κ3) is 2.16. The number of fused-ring (bicyclic) bond motifs is 3. The van der Waals surface area contributed by atoms with Crippen LogP contribution < -0.4 is 9.47 Å². The SMILES string of the molecule is Cc1cccc(C)c1-n1[c-][n+]2c3c(cccc31)N(C)c1cc3ccccc3cc1-2. The van der Waals surface area contributed by atoms with Crippen molar-refractivity contribution in [3.8, 4) is 11.4 Å². The molecule has 5 aromatic rings. The van der Waals surface area contributed by atoms with Crippen LogP contribution in [0.4, 0.5) is 11.4 Å². The summed E-state index contributed by atoms with van der Waals surface area (Å²) >= 11 is 0. The van der Waals surface area contributed by atoms with E-state index >= 15 is 0 Å². The zero-order valence-corrected chi connectivity index (χ0v) is 16.8. The molecule has 0 radical (unpaired) electrons. The minimum atomic E-state index is 1.17. The molecule has 1 aliphatic heterocycles. The first-order valence-corrected chi connectivity index (χ1v) is 9.96. The fraction of sp³-hybridized carbons (Fsp3) is 0.115. The Morgan fingerprint density at radius 1 is 0.759 bits per heavy atom. The topological polar surface area (TPSA) is 12.0 Å². The molecule has 1 aliphatic rings. The summed E-state index contributed by atoms with van der Waals surface area (Å²) in [5, 5.41) is 2.50. The highest BCUT2D eigenvalue weighted by Gasteiger charge is 2.26. The summed E-state index contributed by atoms with van der Waals surface area (Å²) in [5.41, 5.74) is 9.64. The van der Waals surface area contributed by atoms with Crippen LogP contribution in [0.15, 0.2) is 72.8 Å². The van der Waals surface area contributed by atoms with E-state index in [1.54, 1.807) is 0 Å². The highest BCUT2D eigenvalue weighted by Crippen LogP contribution is 2.39. The smallest absolute Gasteiger partial charge is 0.269 e. The number of rotatable bonds is 1. The second-order valence-corrected chi connectivity index (χ2v) is 7.90. The number of aryl methyl sites for hydroxylation is 2. The molecule has 3 heteroatoms. The molecule has 0 N–H and O–H groups in total. The zero-order valence-electron chi connectivity index (χ0n) is 16.8. The Labute approximate surface area is 170 Å². The van der Waals surface area contributed by atoms with Gasteiger partial charge in [0.05, 0.1) is 22.6 Å². The molecule has 140 valence electrons. The Hall–Kier alpha value is -3.59. The zero-order chi connectivity index (χ0) is 19.7. The number of hydrogen-bond donors (Lipinski definition) is 0. The lowest BCUT2D eigenvalue weighted by Gasteiger charge is -2.29. The van der Waals surface area contributed by atoms with E-state index in [4.69, 9.17) is 0 Å². The van der Waals surface area contributed by atoms with Crippen LogP contribution in [0.2, 0.25) is 0 Å². The molecule has 0 amide bonds. The molecule has 6 rings (SSSR count). The Kier molecular flexibility index (Phi) is 3.22. The van der Waals surface area contributed by atoms with Gasteiger partial charge in [0, 0.05) is 12.7 Å². The van der Waals surface area contributed by atoms with Crippen molar-refractivity contribution in [3.63, 3.8) is 0 Å². The average molecular weight is 375 g/mol. The molecule has 1 aromatic heterocycles. The van der Waals surface area contributed by atoms with Crippen LogP contribution in [0.1, 0.15) is 11.1 Å². The maximum Gasteiger partial charge on any atom is 0.269 e. The van der Waals surface area contributed by atoms with Gasteiger partial charge in [-0.3, -0.25) is 9.13 Å². The van der Waals surface area contributed by atoms with Gasteiger partial charge in [0.15, 0.2) is 0 Å². The summed E-state index contributed by atoms with van der Waals surface area (Å²) in [6, 6.07) is 26.1.